The number of nitrogens with zero attached hydrogens (tertiary/aromatic N) is 3. The molecule has 0 amide bonds. The number of rotatable bonds is 6. The summed E-state index contributed by atoms with van der Waals surface area (Å²) in [4.78, 5) is 15.7. The molecule has 0 radical (unpaired) electrons. The molecule has 10 heteroatoms. The topological polar surface area (TPSA) is 96.0 Å². The van der Waals surface area contributed by atoms with Gasteiger partial charge in [0.1, 0.15) is 21.7 Å². The molecule has 0 unspecified atom stereocenters. The van der Waals surface area contributed by atoms with Gasteiger partial charge in [-0.2, -0.15) is 13.1 Å². The lowest BCUT2D eigenvalue weighted by atomic mass is 10.1. The van der Waals surface area contributed by atoms with Gasteiger partial charge >= 0.3 is 0 Å². The second-order valence-corrected chi connectivity index (χ2v) is 10.4. The van der Waals surface area contributed by atoms with Gasteiger partial charge in [-0.15, -0.1) is 0 Å². The van der Waals surface area contributed by atoms with Gasteiger partial charge in [0.25, 0.3) is 5.56 Å². The summed E-state index contributed by atoms with van der Waals surface area (Å²) in [5.74, 6) is -0.419. The van der Waals surface area contributed by atoms with Crippen LogP contribution in [0.1, 0.15) is 16.7 Å². The van der Waals surface area contributed by atoms with Crippen molar-refractivity contribution in [3.05, 3.63) is 99.6 Å². The third kappa shape index (κ3) is 4.23. The zero-order valence-corrected chi connectivity index (χ0v) is 19.7. The largest absolute Gasteiger partial charge is 0.322 e. The molecule has 0 aliphatic heterocycles. The molecule has 3 aromatic carbocycles. The molecule has 2 aromatic heterocycles. The number of H-pyrrole nitrogens is 1. The number of aromatic nitrogens is 3. The Morgan fingerprint density at radius 1 is 1.00 bits per heavy atom. The molecule has 5 aromatic rings. The molecule has 172 valence electrons. The minimum Gasteiger partial charge on any atom is -0.322 e. The number of pyridine rings is 1. The lowest BCUT2D eigenvalue weighted by Crippen LogP contribution is -2.32. The van der Waals surface area contributed by atoms with Crippen LogP contribution in [0.15, 0.2) is 76.4 Å². The van der Waals surface area contributed by atoms with E-state index >= 15 is 0 Å². The molecular weight excluding hydrogens is 475 g/mol. The van der Waals surface area contributed by atoms with E-state index in [0.717, 1.165) is 22.7 Å². The molecule has 0 saturated heterocycles. The van der Waals surface area contributed by atoms with E-state index in [1.807, 2.05) is 25.1 Å². The molecule has 34 heavy (non-hydrogen) atoms. The summed E-state index contributed by atoms with van der Waals surface area (Å²) in [6.45, 7) is 1.72. The van der Waals surface area contributed by atoms with Crippen molar-refractivity contribution < 1.29 is 12.8 Å². The first kappa shape index (κ1) is 22.3. The van der Waals surface area contributed by atoms with Gasteiger partial charge < -0.3 is 4.98 Å². The van der Waals surface area contributed by atoms with Crippen LogP contribution in [0.25, 0.3) is 21.9 Å². The highest BCUT2D eigenvalue weighted by molar-refractivity contribution is 7.89. The van der Waals surface area contributed by atoms with Gasteiger partial charge in [-0.05, 0) is 60.3 Å². The van der Waals surface area contributed by atoms with E-state index in [1.54, 1.807) is 18.2 Å². The van der Waals surface area contributed by atoms with Gasteiger partial charge in [0, 0.05) is 24.2 Å². The van der Waals surface area contributed by atoms with E-state index in [1.165, 1.54) is 34.6 Å². The molecule has 2 heterocycles. The maximum atomic E-state index is 13.8. The maximum Gasteiger partial charge on any atom is 0.252 e. The molecule has 5 rings (SSSR count). The molecule has 1 N–H and O–H groups in total. The van der Waals surface area contributed by atoms with Crippen molar-refractivity contribution >= 4 is 43.7 Å². The van der Waals surface area contributed by atoms with Crippen molar-refractivity contribution in [2.45, 2.75) is 24.9 Å². The van der Waals surface area contributed by atoms with Gasteiger partial charge in [0.05, 0.1) is 11.7 Å². The Morgan fingerprint density at radius 3 is 2.59 bits per heavy atom. The van der Waals surface area contributed by atoms with Gasteiger partial charge in [-0.3, -0.25) is 4.79 Å². The molecule has 0 bridgehead atoms. The first-order valence-corrected chi connectivity index (χ1v) is 12.6. The second-order valence-electron chi connectivity index (χ2n) is 8.00. The van der Waals surface area contributed by atoms with E-state index in [9.17, 15) is 17.6 Å². The fourth-order valence-electron chi connectivity index (χ4n) is 3.83. The summed E-state index contributed by atoms with van der Waals surface area (Å²) in [6, 6.07) is 17.7. The first-order valence-electron chi connectivity index (χ1n) is 10.4. The Labute approximate surface area is 198 Å². The predicted molar refractivity (Wildman–Crippen MR) is 130 cm³/mol. The molecule has 0 atom stereocenters. The standard InChI is InChI=1S/C24H19FN4O3S2/c1-15-5-10-20-17(11-15)12-18(24(30)26-20)14-29(13-16-6-8-19(25)9-7-16)34(31,32)22-4-2-3-21-23(22)28-33-27-21/h2-12H,13-14H2,1H3,(H,26,30). The Hall–Kier alpha value is -3.47. The number of fused-ring (bicyclic) bond motifs is 2. The van der Waals surface area contributed by atoms with E-state index in [0.29, 0.717) is 22.2 Å². The van der Waals surface area contributed by atoms with Gasteiger partial charge in [0.15, 0.2) is 0 Å². The number of aromatic amines is 1. The fraction of sp³-hybridized carbons (Fsp3) is 0.125. The highest BCUT2D eigenvalue weighted by Crippen LogP contribution is 2.27. The average molecular weight is 495 g/mol. The fourth-order valence-corrected chi connectivity index (χ4v) is 5.99. The molecule has 0 spiro atoms. The number of hydrogen-bond acceptors (Lipinski definition) is 6. The van der Waals surface area contributed by atoms with Crippen LogP contribution in [0.5, 0.6) is 0 Å². The number of hydrogen-bond donors (Lipinski definition) is 1. The van der Waals surface area contributed by atoms with E-state index in [4.69, 9.17) is 0 Å². The smallest absolute Gasteiger partial charge is 0.252 e. The zero-order valence-electron chi connectivity index (χ0n) is 18.0. The van der Waals surface area contributed by atoms with Crippen LogP contribution in [-0.4, -0.2) is 26.5 Å². The lowest BCUT2D eigenvalue weighted by Gasteiger charge is -2.22. The minimum atomic E-state index is -4.09. The van der Waals surface area contributed by atoms with E-state index in [2.05, 4.69) is 13.7 Å². The summed E-state index contributed by atoms with van der Waals surface area (Å²) in [5, 5.41) is 0.805. The normalized spacial score (nSPS) is 12.1. The molecule has 0 aliphatic rings. The first-order chi connectivity index (χ1) is 16.3. The zero-order chi connectivity index (χ0) is 23.9. The summed E-state index contributed by atoms with van der Waals surface area (Å²) >= 11 is 0.930. The van der Waals surface area contributed by atoms with Crippen LogP contribution >= 0.6 is 11.7 Å². The second kappa shape index (κ2) is 8.71. The molecule has 0 fully saturated rings. The van der Waals surface area contributed by atoms with Gasteiger partial charge in [-0.1, -0.05) is 29.8 Å². The molecule has 7 nitrogen and oxygen atoms in total. The molecule has 0 aliphatic carbocycles. The number of aryl methyl sites for hydroxylation is 1. The Balaban J connectivity index is 1.62. The van der Waals surface area contributed by atoms with Crippen LogP contribution in [0.4, 0.5) is 4.39 Å². The summed E-state index contributed by atoms with van der Waals surface area (Å²) in [5.41, 5.74) is 2.96. The van der Waals surface area contributed by atoms with E-state index < -0.39 is 15.8 Å². The third-order valence-electron chi connectivity index (χ3n) is 5.56. The monoisotopic (exact) mass is 494 g/mol. The Morgan fingerprint density at radius 2 is 1.79 bits per heavy atom. The highest BCUT2D eigenvalue weighted by Gasteiger charge is 2.29. The van der Waals surface area contributed by atoms with Crippen LogP contribution in [0, 0.1) is 12.7 Å². The van der Waals surface area contributed by atoms with Crippen LogP contribution in [0.3, 0.4) is 0 Å². The van der Waals surface area contributed by atoms with Crippen molar-refractivity contribution in [1.82, 2.24) is 18.0 Å². The summed E-state index contributed by atoms with van der Waals surface area (Å²) in [6.07, 6.45) is 0. The maximum absolute atomic E-state index is 13.8. The lowest BCUT2D eigenvalue weighted by molar-refractivity contribution is 0.400. The van der Waals surface area contributed by atoms with Gasteiger partial charge in [-0.25, -0.2) is 12.8 Å². The van der Waals surface area contributed by atoms with Crippen molar-refractivity contribution in [2.75, 3.05) is 0 Å². The van der Waals surface area contributed by atoms with Crippen molar-refractivity contribution in [1.29, 1.82) is 0 Å². The summed E-state index contributed by atoms with van der Waals surface area (Å²) < 4.78 is 50.6. The minimum absolute atomic E-state index is 0.00826. The van der Waals surface area contributed by atoms with Crippen molar-refractivity contribution in [3.63, 3.8) is 0 Å². The number of benzene rings is 3. The number of nitrogens with one attached hydrogen (secondary N) is 1. The van der Waals surface area contributed by atoms with Crippen molar-refractivity contribution in [2.24, 2.45) is 0 Å². The van der Waals surface area contributed by atoms with E-state index in [-0.39, 0.29) is 29.1 Å². The number of halogens is 1. The average Bonchev–Trinajstić information content (AvgIpc) is 3.29. The van der Waals surface area contributed by atoms with Crippen LogP contribution in [-0.2, 0) is 23.1 Å². The highest BCUT2D eigenvalue weighted by atomic mass is 32.2. The number of sulfonamides is 1. The SMILES string of the molecule is Cc1ccc2[nH]c(=O)c(CN(Cc3ccc(F)cc3)S(=O)(=O)c3cccc4nsnc34)cc2c1. The third-order valence-corrected chi connectivity index (χ3v) is 7.93. The Kier molecular flexibility index (Phi) is 5.72. The molecular formula is C24H19FN4O3S2. The molecule has 0 saturated carbocycles. The predicted octanol–water partition coefficient (Wildman–Crippen LogP) is 4.37. The van der Waals surface area contributed by atoms with Gasteiger partial charge in [0.2, 0.25) is 10.0 Å². The van der Waals surface area contributed by atoms with Crippen molar-refractivity contribution in [3.8, 4) is 0 Å². The van der Waals surface area contributed by atoms with Crippen LogP contribution < -0.4 is 5.56 Å². The Bertz CT molecular complexity index is 1680. The summed E-state index contributed by atoms with van der Waals surface area (Å²) in [7, 11) is -4.09. The van der Waals surface area contributed by atoms with Crippen LogP contribution in [0.2, 0.25) is 0 Å². The quantitative estimate of drug-likeness (QED) is 0.378.